The largest absolute Gasteiger partial charge is 0.490 e. The summed E-state index contributed by atoms with van der Waals surface area (Å²) in [5.41, 5.74) is 2.06. The van der Waals surface area contributed by atoms with Gasteiger partial charge in [-0.1, -0.05) is 12.1 Å². The van der Waals surface area contributed by atoms with E-state index in [1.54, 1.807) is 29.1 Å². The minimum absolute atomic E-state index is 0.178. The topological polar surface area (TPSA) is 80.3 Å². The van der Waals surface area contributed by atoms with E-state index in [4.69, 9.17) is 10.00 Å². The number of nitrogens with zero attached hydrogens (tertiary/aromatic N) is 4. The molecular formula is C23H20F2N4O2. The van der Waals surface area contributed by atoms with Gasteiger partial charge in [0.05, 0.1) is 29.5 Å². The lowest BCUT2D eigenvalue weighted by molar-refractivity contribution is -0.139. The molecule has 2 aromatic carbocycles. The second-order valence-electron chi connectivity index (χ2n) is 7.71. The van der Waals surface area contributed by atoms with Crippen molar-refractivity contribution < 1.29 is 18.3 Å². The number of rotatable bonds is 6. The maximum Gasteiger partial charge on any atom is 0.324 e. The molecule has 0 spiro atoms. The van der Waals surface area contributed by atoms with E-state index in [2.05, 4.69) is 16.2 Å². The Morgan fingerprint density at radius 3 is 2.61 bits per heavy atom. The van der Waals surface area contributed by atoms with E-state index in [1.807, 2.05) is 24.3 Å². The molecule has 1 amide bonds. The Labute approximate surface area is 177 Å². The summed E-state index contributed by atoms with van der Waals surface area (Å²) in [6.07, 6.45) is 3.91. The number of hydrogen-bond acceptors (Lipinski definition) is 4. The Kier molecular flexibility index (Phi) is 5.27. The van der Waals surface area contributed by atoms with E-state index in [-0.39, 0.29) is 11.8 Å². The summed E-state index contributed by atoms with van der Waals surface area (Å²) in [6.45, 7) is 2.05. The quantitative estimate of drug-likeness (QED) is 0.540. The van der Waals surface area contributed by atoms with E-state index < -0.39 is 17.9 Å². The number of halogens is 2. The predicted octanol–water partition coefficient (Wildman–Crippen LogP) is 4.68. The van der Waals surface area contributed by atoms with Crippen LogP contribution in [0.5, 0.6) is 5.75 Å². The molecule has 4 rings (SSSR count). The molecule has 0 saturated heterocycles. The zero-order valence-electron chi connectivity index (χ0n) is 17.0. The number of hydrogen-bond donors (Lipinski definition) is 0. The second-order valence-corrected chi connectivity index (χ2v) is 7.71. The first kappa shape index (κ1) is 20.7. The van der Waals surface area contributed by atoms with E-state index in [9.17, 15) is 13.6 Å². The van der Waals surface area contributed by atoms with Gasteiger partial charge in [0.25, 0.3) is 0 Å². The summed E-state index contributed by atoms with van der Waals surface area (Å²) in [6, 6.07) is 13.7. The molecule has 1 aromatic heterocycles. The third-order valence-corrected chi connectivity index (χ3v) is 5.04. The molecule has 8 heteroatoms. The zero-order valence-corrected chi connectivity index (χ0v) is 17.0. The lowest BCUT2D eigenvalue weighted by atomic mass is 10.0. The maximum absolute atomic E-state index is 13.5. The summed E-state index contributed by atoms with van der Waals surface area (Å²) in [7, 11) is 0. The van der Waals surface area contributed by atoms with Gasteiger partial charge in [0, 0.05) is 18.0 Å². The van der Waals surface area contributed by atoms with Gasteiger partial charge >= 0.3 is 11.8 Å². The molecule has 31 heavy (non-hydrogen) atoms. The van der Waals surface area contributed by atoms with Crippen LogP contribution in [0.2, 0.25) is 0 Å². The molecule has 0 radical (unpaired) electrons. The minimum atomic E-state index is -3.57. The molecule has 158 valence electrons. The zero-order chi connectivity index (χ0) is 22.2. The number of fused-ring (bicyclic) bond motifs is 1. The van der Waals surface area contributed by atoms with Crippen LogP contribution < -0.4 is 4.74 Å². The second kappa shape index (κ2) is 7.91. The summed E-state index contributed by atoms with van der Waals surface area (Å²) in [5, 5.41) is 14.3. The van der Waals surface area contributed by atoms with Crippen LogP contribution in [0.25, 0.3) is 10.9 Å². The molecule has 1 saturated carbocycles. The van der Waals surface area contributed by atoms with E-state index in [1.165, 1.54) is 6.92 Å². The summed E-state index contributed by atoms with van der Waals surface area (Å²) < 4.78 is 34.3. The van der Waals surface area contributed by atoms with Gasteiger partial charge in [-0.15, -0.1) is 0 Å². The van der Waals surface area contributed by atoms with Crippen molar-refractivity contribution in [3.63, 3.8) is 0 Å². The van der Waals surface area contributed by atoms with Crippen LogP contribution in [0.15, 0.2) is 53.7 Å². The lowest BCUT2D eigenvalue weighted by Gasteiger charge is -2.20. The van der Waals surface area contributed by atoms with Gasteiger partial charge in [-0.05, 0) is 55.7 Å². The lowest BCUT2D eigenvalue weighted by Crippen LogP contribution is -2.26. The summed E-state index contributed by atoms with van der Waals surface area (Å²) >= 11 is 0. The number of ether oxygens (including phenoxy) is 1. The molecule has 6 nitrogen and oxygen atoms in total. The van der Waals surface area contributed by atoms with Gasteiger partial charge < -0.3 is 4.74 Å². The Morgan fingerprint density at radius 1 is 1.29 bits per heavy atom. The average molecular weight is 422 g/mol. The normalized spacial score (nSPS) is 15.5. The van der Waals surface area contributed by atoms with Crippen LogP contribution in [-0.4, -0.2) is 33.4 Å². The molecule has 0 aliphatic heterocycles. The Morgan fingerprint density at radius 2 is 2.00 bits per heavy atom. The van der Waals surface area contributed by atoms with Crippen molar-refractivity contribution in [2.75, 3.05) is 0 Å². The van der Waals surface area contributed by atoms with Gasteiger partial charge in [0.15, 0.2) is 0 Å². The number of aromatic nitrogens is 2. The van der Waals surface area contributed by atoms with Crippen molar-refractivity contribution in [1.29, 1.82) is 5.26 Å². The fourth-order valence-electron chi connectivity index (χ4n) is 3.31. The number of carbonyl (C=O) groups is 1. The summed E-state index contributed by atoms with van der Waals surface area (Å²) in [4.78, 5) is 15.6. The van der Waals surface area contributed by atoms with Gasteiger partial charge in [0.1, 0.15) is 11.8 Å². The van der Waals surface area contributed by atoms with E-state index in [0.29, 0.717) is 23.6 Å². The number of amides is 1. The van der Waals surface area contributed by atoms with Crippen LogP contribution in [-0.2, 0) is 4.79 Å². The molecule has 1 heterocycles. The van der Waals surface area contributed by atoms with Gasteiger partial charge in [-0.25, -0.2) is 4.99 Å². The predicted molar refractivity (Wildman–Crippen MR) is 111 cm³/mol. The molecule has 1 aliphatic rings. The van der Waals surface area contributed by atoms with Crippen molar-refractivity contribution in [2.24, 2.45) is 4.99 Å². The van der Waals surface area contributed by atoms with Crippen LogP contribution in [0.4, 0.5) is 8.78 Å². The molecule has 3 aromatic rings. The summed E-state index contributed by atoms with van der Waals surface area (Å²) in [5.74, 6) is -4.35. The van der Waals surface area contributed by atoms with E-state index >= 15 is 0 Å². The first-order chi connectivity index (χ1) is 14.8. The standard InChI is InChI=1S/C23H20F2N4O2/c1-14(28-22(30)23(2,24)25)21(16-4-6-18(7-5-16)31-19-8-9-19)29-20-10-3-15(12-26)11-17(20)13-27-29/h3-7,10-11,13,19,21H,8-9H2,1-2H3/t21-/m0/s1. The highest BCUT2D eigenvalue weighted by Crippen LogP contribution is 2.30. The molecule has 1 atom stereocenters. The maximum atomic E-state index is 13.5. The van der Waals surface area contributed by atoms with Crippen molar-refractivity contribution in [3.05, 3.63) is 59.8 Å². The van der Waals surface area contributed by atoms with Gasteiger partial charge in [0.2, 0.25) is 0 Å². The van der Waals surface area contributed by atoms with Crippen LogP contribution in [0.1, 0.15) is 43.9 Å². The molecular weight excluding hydrogens is 402 g/mol. The molecule has 0 bridgehead atoms. The van der Waals surface area contributed by atoms with Crippen molar-refractivity contribution >= 4 is 22.5 Å². The number of alkyl halides is 2. The monoisotopic (exact) mass is 422 g/mol. The fourth-order valence-corrected chi connectivity index (χ4v) is 3.31. The number of benzene rings is 2. The molecule has 1 aliphatic carbocycles. The van der Waals surface area contributed by atoms with Crippen molar-refractivity contribution in [1.82, 2.24) is 9.78 Å². The van der Waals surface area contributed by atoms with Crippen molar-refractivity contribution in [2.45, 2.75) is 44.8 Å². The Bertz CT molecular complexity index is 1200. The molecule has 1 fully saturated rings. The Balaban J connectivity index is 1.78. The minimum Gasteiger partial charge on any atom is -0.490 e. The number of nitriles is 1. The third kappa shape index (κ3) is 4.45. The first-order valence-electron chi connectivity index (χ1n) is 9.87. The van der Waals surface area contributed by atoms with Crippen LogP contribution in [0, 0.1) is 11.3 Å². The smallest absolute Gasteiger partial charge is 0.324 e. The van der Waals surface area contributed by atoms with Gasteiger partial charge in [-0.2, -0.15) is 19.1 Å². The number of aliphatic imine (C=N–C) groups is 1. The first-order valence-corrected chi connectivity index (χ1v) is 9.87. The van der Waals surface area contributed by atoms with E-state index in [0.717, 1.165) is 24.0 Å². The SMILES string of the molecule is CC(=NC(=O)C(C)(F)F)[C@@H](c1ccc(OC2CC2)cc1)n1ncc2cc(C#N)ccc21. The highest BCUT2D eigenvalue weighted by atomic mass is 19.3. The van der Waals surface area contributed by atoms with Crippen molar-refractivity contribution in [3.8, 4) is 11.8 Å². The molecule has 0 unspecified atom stereocenters. The molecule has 0 N–H and O–H groups in total. The average Bonchev–Trinajstić information content (AvgIpc) is 3.46. The highest BCUT2D eigenvalue weighted by molar-refractivity contribution is 6.00. The van der Waals surface area contributed by atoms with Crippen LogP contribution >= 0.6 is 0 Å². The van der Waals surface area contributed by atoms with Crippen LogP contribution in [0.3, 0.4) is 0 Å². The fraction of sp³-hybridized carbons (Fsp3) is 0.304. The highest BCUT2D eigenvalue weighted by Gasteiger charge is 2.33. The Hall–Kier alpha value is -3.60. The third-order valence-electron chi connectivity index (χ3n) is 5.04. The number of carbonyl (C=O) groups excluding carboxylic acids is 1. The van der Waals surface area contributed by atoms with Gasteiger partial charge in [-0.3, -0.25) is 9.48 Å².